The Morgan fingerprint density at radius 1 is 1.33 bits per heavy atom. The Balaban J connectivity index is 2.00. The van der Waals surface area contributed by atoms with Crippen molar-refractivity contribution >= 4 is 5.91 Å². The van der Waals surface area contributed by atoms with Crippen molar-refractivity contribution in [1.82, 2.24) is 5.32 Å². The van der Waals surface area contributed by atoms with Gasteiger partial charge >= 0.3 is 0 Å². The predicted molar refractivity (Wildman–Crippen MR) is 74.4 cm³/mol. The summed E-state index contributed by atoms with van der Waals surface area (Å²) in [6.07, 6.45) is 4.56. The lowest BCUT2D eigenvalue weighted by Gasteiger charge is -2.42. The molecule has 0 aromatic heterocycles. The molecule has 1 aliphatic rings. The molecule has 1 aliphatic carbocycles. The van der Waals surface area contributed by atoms with E-state index in [1.165, 1.54) is 24.8 Å². The van der Waals surface area contributed by atoms with Crippen molar-refractivity contribution in [1.29, 1.82) is 0 Å². The van der Waals surface area contributed by atoms with E-state index in [0.717, 1.165) is 13.0 Å². The van der Waals surface area contributed by atoms with Gasteiger partial charge in [0.2, 0.25) is 5.91 Å². The molecule has 1 aromatic carbocycles. The minimum atomic E-state index is 0.123. The van der Waals surface area contributed by atoms with Gasteiger partial charge in [0.15, 0.2) is 0 Å². The predicted octanol–water partition coefficient (Wildman–Crippen LogP) is 3.27. The summed E-state index contributed by atoms with van der Waals surface area (Å²) >= 11 is 0. The van der Waals surface area contributed by atoms with E-state index in [-0.39, 0.29) is 17.2 Å². The first-order valence-corrected chi connectivity index (χ1v) is 7.01. The highest BCUT2D eigenvalue weighted by Crippen LogP contribution is 2.43. The van der Waals surface area contributed by atoms with Gasteiger partial charge in [0.1, 0.15) is 0 Å². The van der Waals surface area contributed by atoms with Crippen molar-refractivity contribution < 1.29 is 4.79 Å². The van der Waals surface area contributed by atoms with Gasteiger partial charge in [-0.2, -0.15) is 0 Å². The zero-order chi connectivity index (χ0) is 13.0. The van der Waals surface area contributed by atoms with E-state index in [0.29, 0.717) is 0 Å². The molecule has 0 saturated heterocycles. The Morgan fingerprint density at radius 2 is 2.00 bits per heavy atom. The van der Waals surface area contributed by atoms with Gasteiger partial charge in [-0.25, -0.2) is 0 Å². The van der Waals surface area contributed by atoms with Gasteiger partial charge in [-0.15, -0.1) is 0 Å². The van der Waals surface area contributed by atoms with Crippen LogP contribution in [-0.4, -0.2) is 12.5 Å². The Bertz CT molecular complexity index is 395. The van der Waals surface area contributed by atoms with E-state index in [2.05, 4.69) is 36.5 Å². The molecule has 0 bridgehead atoms. The third-order valence-corrected chi connectivity index (χ3v) is 4.36. The molecular weight excluding hydrogens is 222 g/mol. The van der Waals surface area contributed by atoms with E-state index in [1.54, 1.807) is 0 Å². The molecule has 0 radical (unpaired) electrons. The molecule has 2 nitrogen and oxygen atoms in total. The molecule has 0 heterocycles. The summed E-state index contributed by atoms with van der Waals surface area (Å²) < 4.78 is 0. The fourth-order valence-corrected chi connectivity index (χ4v) is 2.58. The van der Waals surface area contributed by atoms with Crippen LogP contribution in [0.15, 0.2) is 30.3 Å². The van der Waals surface area contributed by atoms with Crippen LogP contribution in [-0.2, 0) is 10.2 Å². The molecular formula is C16H23NO. The Labute approximate surface area is 110 Å². The number of rotatable bonds is 5. The van der Waals surface area contributed by atoms with Crippen molar-refractivity contribution in [2.45, 2.75) is 44.9 Å². The number of hydrogen-bond acceptors (Lipinski definition) is 1. The number of nitrogens with one attached hydrogen (secondary N) is 1. The Kier molecular flexibility index (Phi) is 4.05. The molecule has 98 valence electrons. The Hall–Kier alpha value is -1.31. The zero-order valence-corrected chi connectivity index (χ0v) is 11.4. The van der Waals surface area contributed by atoms with Gasteiger partial charge in [0, 0.05) is 17.9 Å². The minimum Gasteiger partial charge on any atom is -0.355 e. The third kappa shape index (κ3) is 2.58. The highest BCUT2D eigenvalue weighted by molar-refractivity contribution is 5.78. The smallest absolute Gasteiger partial charge is 0.222 e. The van der Waals surface area contributed by atoms with E-state index in [4.69, 9.17) is 0 Å². The Morgan fingerprint density at radius 3 is 2.50 bits per heavy atom. The van der Waals surface area contributed by atoms with Gasteiger partial charge < -0.3 is 5.32 Å². The van der Waals surface area contributed by atoms with Gasteiger partial charge in [0.25, 0.3) is 0 Å². The lowest BCUT2D eigenvalue weighted by Crippen LogP contribution is -2.46. The van der Waals surface area contributed by atoms with Crippen LogP contribution in [0.1, 0.15) is 45.1 Å². The molecule has 1 aromatic rings. The van der Waals surface area contributed by atoms with Crippen LogP contribution in [0.3, 0.4) is 0 Å². The summed E-state index contributed by atoms with van der Waals surface area (Å²) in [7, 11) is 0. The van der Waals surface area contributed by atoms with E-state index >= 15 is 0 Å². The van der Waals surface area contributed by atoms with Gasteiger partial charge in [0.05, 0.1) is 0 Å². The van der Waals surface area contributed by atoms with Crippen molar-refractivity contribution in [3.8, 4) is 0 Å². The SMILES string of the molecule is CCC(C)C(=O)NCC1(c2ccccc2)CCC1. The summed E-state index contributed by atoms with van der Waals surface area (Å²) in [5, 5.41) is 3.14. The number of carbonyl (C=O) groups is 1. The molecule has 1 atom stereocenters. The minimum absolute atomic E-state index is 0.123. The molecule has 18 heavy (non-hydrogen) atoms. The third-order valence-electron chi connectivity index (χ3n) is 4.36. The molecule has 1 saturated carbocycles. The quantitative estimate of drug-likeness (QED) is 0.847. The van der Waals surface area contributed by atoms with Crippen LogP contribution >= 0.6 is 0 Å². The van der Waals surface area contributed by atoms with Crippen molar-refractivity contribution in [3.63, 3.8) is 0 Å². The van der Waals surface area contributed by atoms with Crippen LogP contribution in [0.2, 0.25) is 0 Å². The molecule has 0 spiro atoms. The molecule has 2 rings (SSSR count). The van der Waals surface area contributed by atoms with Crippen molar-refractivity contribution in [3.05, 3.63) is 35.9 Å². The molecule has 0 aliphatic heterocycles. The first-order valence-electron chi connectivity index (χ1n) is 7.01. The second-order valence-corrected chi connectivity index (χ2v) is 5.53. The fraction of sp³-hybridized carbons (Fsp3) is 0.562. The summed E-state index contributed by atoms with van der Waals surface area (Å²) in [5.74, 6) is 0.317. The number of hydrogen-bond donors (Lipinski definition) is 1. The van der Waals surface area contributed by atoms with E-state index < -0.39 is 0 Å². The second kappa shape index (κ2) is 5.55. The standard InChI is InChI=1S/C16H23NO/c1-3-13(2)15(18)17-12-16(10-7-11-16)14-8-5-4-6-9-14/h4-6,8-9,13H,3,7,10-12H2,1-2H3,(H,17,18). The van der Waals surface area contributed by atoms with Gasteiger partial charge in [-0.1, -0.05) is 50.6 Å². The summed E-state index contributed by atoms with van der Waals surface area (Å²) in [4.78, 5) is 11.9. The maximum absolute atomic E-state index is 11.9. The molecule has 2 heteroatoms. The topological polar surface area (TPSA) is 29.1 Å². The zero-order valence-electron chi connectivity index (χ0n) is 11.4. The summed E-state index contributed by atoms with van der Waals surface area (Å²) in [6.45, 7) is 4.84. The largest absolute Gasteiger partial charge is 0.355 e. The van der Waals surface area contributed by atoms with E-state index in [9.17, 15) is 4.79 Å². The van der Waals surface area contributed by atoms with Gasteiger partial charge in [-0.3, -0.25) is 4.79 Å². The second-order valence-electron chi connectivity index (χ2n) is 5.53. The van der Waals surface area contributed by atoms with E-state index in [1.807, 2.05) is 13.0 Å². The number of benzene rings is 1. The summed E-state index contributed by atoms with van der Waals surface area (Å²) in [5.41, 5.74) is 1.57. The van der Waals surface area contributed by atoms with Crippen molar-refractivity contribution in [2.75, 3.05) is 6.54 Å². The first-order chi connectivity index (χ1) is 8.68. The maximum atomic E-state index is 11.9. The molecule has 1 unspecified atom stereocenters. The lowest BCUT2D eigenvalue weighted by atomic mass is 9.64. The first kappa shape index (κ1) is 13.1. The molecule has 1 fully saturated rings. The number of amides is 1. The highest BCUT2D eigenvalue weighted by atomic mass is 16.1. The summed E-state index contributed by atoms with van der Waals surface area (Å²) in [6, 6.07) is 10.6. The van der Waals surface area contributed by atoms with Crippen LogP contribution in [0.25, 0.3) is 0 Å². The van der Waals surface area contributed by atoms with Crippen LogP contribution in [0, 0.1) is 5.92 Å². The van der Waals surface area contributed by atoms with Crippen LogP contribution in [0.4, 0.5) is 0 Å². The van der Waals surface area contributed by atoms with Crippen molar-refractivity contribution in [2.24, 2.45) is 5.92 Å². The average Bonchev–Trinajstić information content (AvgIpc) is 2.37. The monoisotopic (exact) mass is 245 g/mol. The highest BCUT2D eigenvalue weighted by Gasteiger charge is 2.38. The van der Waals surface area contributed by atoms with Gasteiger partial charge in [-0.05, 0) is 24.8 Å². The average molecular weight is 245 g/mol. The normalized spacial score (nSPS) is 18.8. The number of carbonyl (C=O) groups excluding carboxylic acids is 1. The molecule has 1 N–H and O–H groups in total. The fourth-order valence-electron chi connectivity index (χ4n) is 2.58. The molecule has 1 amide bonds. The van der Waals surface area contributed by atoms with Crippen LogP contribution in [0.5, 0.6) is 0 Å². The maximum Gasteiger partial charge on any atom is 0.222 e. The van der Waals surface area contributed by atoms with Crippen LogP contribution < -0.4 is 5.32 Å². The lowest BCUT2D eigenvalue weighted by molar-refractivity contribution is -0.125.